The molecule has 9 heteroatoms. The Morgan fingerprint density at radius 1 is 1.00 bits per heavy atom. The van der Waals surface area contributed by atoms with Gasteiger partial charge in [0.1, 0.15) is 16.4 Å². The number of anilines is 1. The van der Waals surface area contributed by atoms with Gasteiger partial charge in [-0.05, 0) is 49.6 Å². The zero-order valence-electron chi connectivity index (χ0n) is 18.7. The van der Waals surface area contributed by atoms with E-state index >= 15 is 0 Å². The van der Waals surface area contributed by atoms with Crippen LogP contribution in [0.5, 0.6) is 11.5 Å². The first-order valence-electron chi connectivity index (χ1n) is 11.1. The van der Waals surface area contributed by atoms with Gasteiger partial charge in [-0.1, -0.05) is 31.0 Å². The number of fused-ring (bicyclic) bond motifs is 1. The van der Waals surface area contributed by atoms with E-state index in [9.17, 15) is 18.0 Å². The third-order valence-corrected chi connectivity index (χ3v) is 7.61. The summed E-state index contributed by atoms with van der Waals surface area (Å²) in [5.41, 5.74) is 0.843. The van der Waals surface area contributed by atoms with Gasteiger partial charge in [-0.25, -0.2) is 8.42 Å². The predicted octanol–water partition coefficient (Wildman–Crippen LogP) is 3.57. The number of nitrogens with one attached hydrogen (secondary N) is 1. The fourth-order valence-electron chi connectivity index (χ4n) is 4.63. The molecule has 0 spiro atoms. The van der Waals surface area contributed by atoms with E-state index in [0.717, 1.165) is 25.7 Å². The van der Waals surface area contributed by atoms with Crippen molar-refractivity contribution in [1.82, 2.24) is 4.90 Å². The second kappa shape index (κ2) is 9.43. The quantitative estimate of drug-likeness (QED) is 0.590. The number of ether oxygens (including phenoxy) is 2. The first-order chi connectivity index (χ1) is 15.9. The van der Waals surface area contributed by atoms with E-state index in [-0.39, 0.29) is 40.8 Å². The summed E-state index contributed by atoms with van der Waals surface area (Å²) in [5.74, 6) is -0.237. The van der Waals surface area contributed by atoms with Crippen LogP contribution < -0.4 is 14.2 Å². The molecule has 2 amide bonds. The van der Waals surface area contributed by atoms with Crippen molar-refractivity contribution in [1.29, 1.82) is 0 Å². The van der Waals surface area contributed by atoms with Crippen LogP contribution in [0, 0.1) is 11.8 Å². The number of likely N-dealkylation sites (tertiary alicyclic amines) is 1. The number of amides is 2. The molecule has 1 aliphatic carbocycles. The van der Waals surface area contributed by atoms with Crippen molar-refractivity contribution < 1.29 is 27.5 Å². The molecule has 2 atom stereocenters. The lowest BCUT2D eigenvalue weighted by Crippen LogP contribution is -2.30. The van der Waals surface area contributed by atoms with Crippen molar-refractivity contribution >= 4 is 27.5 Å². The number of nitrogens with zero attached hydrogens (tertiary/aromatic N) is 1. The number of hydrogen-bond acceptors (Lipinski definition) is 6. The topological polar surface area (TPSA) is 102 Å². The molecule has 2 fully saturated rings. The number of rotatable bonds is 8. The Morgan fingerprint density at radius 2 is 1.67 bits per heavy atom. The highest BCUT2D eigenvalue weighted by Crippen LogP contribution is 2.39. The molecule has 0 unspecified atom stereocenters. The van der Waals surface area contributed by atoms with Crippen LogP contribution in [0.25, 0.3) is 0 Å². The molecular weight excluding hydrogens is 444 g/mol. The lowest BCUT2D eigenvalue weighted by molar-refractivity contribution is -0.140. The first kappa shape index (κ1) is 23.1. The van der Waals surface area contributed by atoms with Gasteiger partial charge < -0.3 is 9.47 Å². The maximum atomic E-state index is 13.3. The summed E-state index contributed by atoms with van der Waals surface area (Å²) in [4.78, 5) is 26.9. The van der Waals surface area contributed by atoms with E-state index in [1.807, 2.05) is 6.92 Å². The minimum atomic E-state index is -4.04. The van der Waals surface area contributed by atoms with Gasteiger partial charge in [0, 0.05) is 0 Å². The Morgan fingerprint density at radius 3 is 2.30 bits per heavy atom. The number of sulfonamides is 1. The molecule has 0 aromatic heterocycles. The van der Waals surface area contributed by atoms with Crippen LogP contribution in [-0.4, -0.2) is 38.8 Å². The molecule has 1 saturated heterocycles. The van der Waals surface area contributed by atoms with Crippen molar-refractivity contribution in [3.63, 3.8) is 0 Å². The number of methoxy groups -OCH3 is 1. The third-order valence-electron chi connectivity index (χ3n) is 6.22. The van der Waals surface area contributed by atoms with Crippen molar-refractivity contribution in [2.75, 3.05) is 18.4 Å². The Bertz CT molecular complexity index is 1140. The fourth-order valence-corrected chi connectivity index (χ4v) is 5.92. The Labute approximate surface area is 193 Å². The van der Waals surface area contributed by atoms with Gasteiger partial charge in [-0.3, -0.25) is 19.2 Å². The highest BCUT2D eigenvalue weighted by Gasteiger charge is 2.47. The van der Waals surface area contributed by atoms with Gasteiger partial charge in [0.15, 0.2) is 0 Å². The SMILES string of the molecule is CCOc1ccccc1NS(=O)(=O)c1cc(CN2C(=O)[C@H]3CCCC[C@@H]3C2=O)ccc1OC. The first-order valence-corrected chi connectivity index (χ1v) is 12.6. The molecule has 33 heavy (non-hydrogen) atoms. The van der Waals surface area contributed by atoms with Gasteiger partial charge in [-0.2, -0.15) is 0 Å². The Kier molecular flexibility index (Phi) is 6.60. The molecule has 8 nitrogen and oxygen atoms in total. The zero-order valence-corrected chi connectivity index (χ0v) is 19.6. The van der Waals surface area contributed by atoms with Crippen LogP contribution >= 0.6 is 0 Å². The van der Waals surface area contributed by atoms with Crippen molar-refractivity contribution in [2.45, 2.75) is 44.0 Å². The monoisotopic (exact) mass is 472 g/mol. The highest BCUT2D eigenvalue weighted by atomic mass is 32.2. The molecule has 1 heterocycles. The predicted molar refractivity (Wildman–Crippen MR) is 122 cm³/mol. The molecule has 176 valence electrons. The molecule has 1 N–H and O–H groups in total. The largest absolute Gasteiger partial charge is 0.495 e. The van der Waals surface area contributed by atoms with Crippen LogP contribution in [0.1, 0.15) is 38.2 Å². The zero-order chi connectivity index (χ0) is 23.6. The lowest BCUT2D eigenvalue weighted by Gasteiger charge is -2.19. The van der Waals surface area contributed by atoms with Crippen LogP contribution in [0.3, 0.4) is 0 Å². The number of carbonyl (C=O) groups excluding carboxylic acids is 2. The lowest BCUT2D eigenvalue weighted by atomic mass is 9.81. The number of carbonyl (C=O) groups is 2. The van der Waals surface area contributed by atoms with Gasteiger partial charge in [0.05, 0.1) is 37.8 Å². The maximum absolute atomic E-state index is 13.3. The maximum Gasteiger partial charge on any atom is 0.265 e. The number of imide groups is 1. The molecule has 2 aliphatic rings. The van der Waals surface area contributed by atoms with E-state index in [0.29, 0.717) is 23.6 Å². The summed E-state index contributed by atoms with van der Waals surface area (Å²) in [6, 6.07) is 11.4. The minimum Gasteiger partial charge on any atom is -0.495 e. The molecule has 1 saturated carbocycles. The average molecular weight is 473 g/mol. The third kappa shape index (κ3) is 4.55. The molecule has 0 bridgehead atoms. The fraction of sp³-hybridized carbons (Fsp3) is 0.417. The smallest absolute Gasteiger partial charge is 0.265 e. The number of benzene rings is 2. The average Bonchev–Trinajstić information content (AvgIpc) is 3.05. The normalized spacial score (nSPS) is 20.5. The second-order valence-corrected chi connectivity index (χ2v) is 9.93. The molecule has 1 aliphatic heterocycles. The van der Waals surface area contributed by atoms with Crippen LogP contribution in [0.2, 0.25) is 0 Å². The highest BCUT2D eigenvalue weighted by molar-refractivity contribution is 7.92. The van der Waals surface area contributed by atoms with E-state index < -0.39 is 10.0 Å². The van der Waals surface area contributed by atoms with Gasteiger partial charge in [-0.15, -0.1) is 0 Å². The van der Waals surface area contributed by atoms with Crippen LogP contribution in [-0.2, 0) is 26.2 Å². The molecule has 2 aromatic rings. The van der Waals surface area contributed by atoms with Gasteiger partial charge in [0.25, 0.3) is 10.0 Å². The van der Waals surface area contributed by atoms with Crippen LogP contribution in [0.15, 0.2) is 47.4 Å². The summed E-state index contributed by atoms with van der Waals surface area (Å²) >= 11 is 0. The summed E-state index contributed by atoms with van der Waals surface area (Å²) in [6.07, 6.45) is 3.37. The van der Waals surface area contributed by atoms with Gasteiger partial charge >= 0.3 is 0 Å². The molecule has 2 aromatic carbocycles. The Hall–Kier alpha value is -3.07. The minimum absolute atomic E-state index is 0.0344. The number of para-hydroxylation sites is 2. The Balaban J connectivity index is 1.62. The van der Waals surface area contributed by atoms with E-state index in [1.54, 1.807) is 30.3 Å². The summed E-state index contributed by atoms with van der Waals surface area (Å²) in [7, 11) is -2.66. The van der Waals surface area contributed by atoms with Gasteiger partial charge in [0.2, 0.25) is 11.8 Å². The number of hydrogen-bond donors (Lipinski definition) is 1. The van der Waals surface area contributed by atoms with E-state index in [4.69, 9.17) is 9.47 Å². The summed E-state index contributed by atoms with van der Waals surface area (Å²) < 4.78 is 39.9. The summed E-state index contributed by atoms with van der Waals surface area (Å²) in [6.45, 7) is 2.24. The van der Waals surface area contributed by atoms with Crippen molar-refractivity contribution in [2.24, 2.45) is 11.8 Å². The molecule has 0 radical (unpaired) electrons. The van der Waals surface area contributed by atoms with Crippen molar-refractivity contribution in [3.05, 3.63) is 48.0 Å². The van der Waals surface area contributed by atoms with Crippen molar-refractivity contribution in [3.8, 4) is 11.5 Å². The van der Waals surface area contributed by atoms with E-state index in [2.05, 4.69) is 4.72 Å². The summed E-state index contributed by atoms with van der Waals surface area (Å²) in [5, 5.41) is 0. The molecule has 4 rings (SSSR count). The van der Waals surface area contributed by atoms with E-state index in [1.165, 1.54) is 24.1 Å². The standard InChI is InChI=1S/C24H28N2O6S/c1-3-32-20-11-7-6-10-19(20)25-33(29,30)22-14-16(12-13-21(22)31-2)15-26-23(27)17-8-4-5-9-18(17)24(26)28/h6-7,10-14,17-18,25H,3-5,8-9,15H2,1-2H3/t17-,18-/m0/s1. The molecular formula is C24H28N2O6S. The second-order valence-electron chi connectivity index (χ2n) is 8.28. The van der Waals surface area contributed by atoms with Crippen LogP contribution in [0.4, 0.5) is 5.69 Å².